The van der Waals surface area contributed by atoms with Gasteiger partial charge in [-0.2, -0.15) is 9.78 Å². The quantitative estimate of drug-likeness (QED) is 0.608. The first-order valence-electron chi connectivity index (χ1n) is 4.63. The first-order valence-corrected chi connectivity index (χ1v) is 6.18. The van der Waals surface area contributed by atoms with Gasteiger partial charge in [0.25, 0.3) is 10.0 Å². The van der Waals surface area contributed by atoms with Crippen molar-refractivity contribution in [3.05, 3.63) is 6.20 Å². The van der Waals surface area contributed by atoms with Crippen LogP contribution < -0.4 is 9.82 Å². The highest BCUT2D eigenvalue weighted by Gasteiger charge is 2.28. The second kappa shape index (κ2) is 3.60. The topological polar surface area (TPSA) is 113 Å². The van der Waals surface area contributed by atoms with E-state index in [2.05, 4.69) is 15.4 Å². The second-order valence-corrected chi connectivity index (χ2v) is 5.03. The van der Waals surface area contributed by atoms with Gasteiger partial charge < -0.3 is 0 Å². The van der Waals surface area contributed by atoms with Crippen LogP contribution in [0.1, 0.15) is 0 Å². The summed E-state index contributed by atoms with van der Waals surface area (Å²) in [4.78, 5) is 1.47. The van der Waals surface area contributed by atoms with Gasteiger partial charge in [-0.15, -0.1) is 0 Å². The number of hydrogen-bond acceptors (Lipinski definition) is 5. The van der Waals surface area contributed by atoms with Crippen molar-refractivity contribution in [1.29, 1.82) is 0 Å². The van der Waals surface area contributed by atoms with Crippen LogP contribution in [0.2, 0.25) is 0 Å². The van der Waals surface area contributed by atoms with Gasteiger partial charge in [-0.05, 0) is 0 Å². The van der Waals surface area contributed by atoms with Crippen molar-refractivity contribution < 1.29 is 13.1 Å². The molecule has 0 aliphatic heterocycles. The Labute approximate surface area is 97.5 Å². The largest absolute Gasteiger partial charge is 0.336 e. The maximum Gasteiger partial charge on any atom is 0.336 e. The first kappa shape index (κ1) is 11.7. The van der Waals surface area contributed by atoms with Gasteiger partial charge in [0.1, 0.15) is 10.7 Å². The van der Waals surface area contributed by atoms with Gasteiger partial charge in [0, 0.05) is 7.05 Å². The monoisotopic (exact) mass is 258 g/mol. The summed E-state index contributed by atoms with van der Waals surface area (Å²) in [6.45, 7) is 0. The molecule has 0 radical (unpaired) electrons. The predicted molar refractivity (Wildman–Crippen MR) is 55.8 cm³/mol. The third-order valence-electron chi connectivity index (χ3n) is 2.40. The van der Waals surface area contributed by atoms with E-state index in [1.165, 1.54) is 22.7 Å². The van der Waals surface area contributed by atoms with Crippen molar-refractivity contribution in [3.63, 3.8) is 0 Å². The lowest BCUT2D eigenvalue weighted by atomic mass is 10.3. The summed E-state index contributed by atoms with van der Waals surface area (Å²) in [6, 6.07) is 0. The number of nitrogens with two attached hydrogens (primary N) is 1. The summed E-state index contributed by atoms with van der Waals surface area (Å²) in [5.41, 5.74) is 0.325. The second-order valence-electron chi connectivity index (χ2n) is 3.56. The fourth-order valence-corrected chi connectivity index (χ4v) is 2.38. The normalized spacial score (nSPS) is 12.0. The molecule has 0 saturated heterocycles. The number of tetrazole rings is 1. The Morgan fingerprint density at radius 3 is 2.53 bits per heavy atom. The molecule has 0 saturated carbocycles. The minimum atomic E-state index is -3.87. The van der Waals surface area contributed by atoms with E-state index >= 15 is 0 Å². The molecule has 2 aromatic heterocycles. The van der Waals surface area contributed by atoms with Crippen molar-refractivity contribution in [1.82, 2.24) is 24.9 Å². The van der Waals surface area contributed by atoms with Crippen LogP contribution >= 0.6 is 0 Å². The predicted octanol–water partition coefficient (Wildman–Crippen LogP) is -2.31. The molecular weight excluding hydrogens is 246 g/mol. The molecular formula is C7H12N7O2S+. The van der Waals surface area contributed by atoms with E-state index in [1.54, 1.807) is 18.8 Å². The molecule has 9 nitrogen and oxygen atoms in total. The summed E-state index contributed by atoms with van der Waals surface area (Å²) >= 11 is 0. The Morgan fingerprint density at radius 2 is 2.06 bits per heavy atom. The molecule has 2 N–H and O–H groups in total. The van der Waals surface area contributed by atoms with E-state index in [0.29, 0.717) is 11.4 Å². The van der Waals surface area contributed by atoms with E-state index in [-0.39, 0.29) is 5.03 Å². The number of primary sulfonamides is 1. The molecule has 0 amide bonds. The van der Waals surface area contributed by atoms with E-state index in [4.69, 9.17) is 5.14 Å². The lowest BCUT2D eigenvalue weighted by Crippen LogP contribution is -2.39. The minimum absolute atomic E-state index is 0.0893. The van der Waals surface area contributed by atoms with E-state index in [0.717, 1.165) is 0 Å². The van der Waals surface area contributed by atoms with Gasteiger partial charge in [-0.3, -0.25) is 4.68 Å². The van der Waals surface area contributed by atoms with Crippen molar-refractivity contribution in [2.45, 2.75) is 5.03 Å². The molecule has 0 fully saturated rings. The standard InChI is InChI=1S/C7H12N7O2S/c1-12-7(17(8,15)16)5(4-9-12)6-10-11-14(3)13(6)2/h4H,1-3H3,(H2,8,15,16)/q+1. The number of aryl methyl sites for hydroxylation is 2. The van der Waals surface area contributed by atoms with Gasteiger partial charge in [0.15, 0.2) is 10.2 Å². The van der Waals surface area contributed by atoms with Crippen molar-refractivity contribution >= 4 is 10.0 Å². The number of nitrogens with zero attached hydrogens (tertiary/aromatic N) is 6. The maximum absolute atomic E-state index is 11.5. The Kier molecular flexibility index (Phi) is 2.47. The zero-order valence-corrected chi connectivity index (χ0v) is 10.4. The maximum atomic E-state index is 11.5. The van der Waals surface area contributed by atoms with E-state index < -0.39 is 10.0 Å². The zero-order valence-electron chi connectivity index (χ0n) is 9.56. The van der Waals surface area contributed by atoms with Crippen molar-refractivity contribution in [3.8, 4) is 11.4 Å². The highest BCUT2D eigenvalue weighted by atomic mass is 32.2. The molecule has 0 bridgehead atoms. The van der Waals surface area contributed by atoms with Crippen LogP contribution in [0.3, 0.4) is 0 Å². The number of rotatable bonds is 2. The Balaban J connectivity index is 2.74. The third-order valence-corrected chi connectivity index (χ3v) is 3.43. The molecule has 17 heavy (non-hydrogen) atoms. The highest BCUT2D eigenvalue weighted by molar-refractivity contribution is 7.89. The molecule has 0 aromatic carbocycles. The van der Waals surface area contributed by atoms with Crippen LogP contribution in [0.4, 0.5) is 0 Å². The highest BCUT2D eigenvalue weighted by Crippen LogP contribution is 2.20. The first-order chi connectivity index (χ1) is 7.82. The van der Waals surface area contributed by atoms with E-state index in [9.17, 15) is 8.42 Å². The van der Waals surface area contributed by atoms with Crippen molar-refractivity contribution in [2.75, 3.05) is 0 Å². The van der Waals surface area contributed by atoms with Crippen LogP contribution in [-0.4, -0.2) is 33.3 Å². The number of aromatic nitrogens is 6. The lowest BCUT2D eigenvalue weighted by Gasteiger charge is -1.99. The van der Waals surface area contributed by atoms with Gasteiger partial charge in [-0.25, -0.2) is 13.6 Å². The summed E-state index contributed by atoms with van der Waals surface area (Å²) in [6.07, 6.45) is 1.39. The molecule has 0 aliphatic rings. The van der Waals surface area contributed by atoms with Crippen LogP contribution in [0, 0.1) is 0 Å². The van der Waals surface area contributed by atoms with Crippen LogP contribution in [0.15, 0.2) is 11.2 Å². The molecule has 0 aliphatic carbocycles. The fourth-order valence-electron chi connectivity index (χ4n) is 1.51. The number of hydrogen-bond donors (Lipinski definition) is 1. The Bertz CT molecular complexity index is 668. The average Bonchev–Trinajstić information content (AvgIpc) is 2.71. The molecule has 92 valence electrons. The SMILES string of the molecule is Cn1ncc(-c2nnn(C)[n+]2C)c1S(N)(=O)=O. The average molecular weight is 258 g/mol. The lowest BCUT2D eigenvalue weighted by molar-refractivity contribution is -0.746. The van der Waals surface area contributed by atoms with Gasteiger partial charge in [0.05, 0.1) is 20.3 Å². The fraction of sp³-hybridized carbons (Fsp3) is 0.429. The van der Waals surface area contributed by atoms with Gasteiger partial charge in [-0.1, -0.05) is 4.80 Å². The molecule has 0 unspecified atom stereocenters. The van der Waals surface area contributed by atoms with Crippen molar-refractivity contribution in [2.24, 2.45) is 26.3 Å². The molecule has 0 spiro atoms. The molecule has 10 heteroatoms. The molecule has 2 aromatic rings. The smallest absolute Gasteiger partial charge is 0.255 e. The van der Waals surface area contributed by atoms with E-state index in [1.807, 2.05) is 0 Å². The summed E-state index contributed by atoms with van der Waals surface area (Å²) in [7, 11) is 1.02. The summed E-state index contributed by atoms with van der Waals surface area (Å²) in [5, 5.41) is 16.6. The Morgan fingerprint density at radius 1 is 1.41 bits per heavy atom. The minimum Gasteiger partial charge on any atom is -0.255 e. The summed E-state index contributed by atoms with van der Waals surface area (Å²) in [5.74, 6) is 0.379. The molecule has 2 heterocycles. The van der Waals surface area contributed by atoms with Gasteiger partial charge >= 0.3 is 5.82 Å². The summed E-state index contributed by atoms with van der Waals surface area (Å²) < 4.78 is 25.7. The Hall–Kier alpha value is -1.81. The third kappa shape index (κ3) is 1.80. The van der Waals surface area contributed by atoms with Crippen LogP contribution in [0.25, 0.3) is 11.4 Å². The molecule has 2 rings (SSSR count). The number of sulfonamides is 1. The van der Waals surface area contributed by atoms with Gasteiger partial charge in [0.2, 0.25) is 0 Å². The zero-order chi connectivity index (χ0) is 12.8. The molecule has 0 atom stereocenters. The van der Waals surface area contributed by atoms with Crippen LogP contribution in [-0.2, 0) is 31.2 Å². The van der Waals surface area contributed by atoms with Crippen LogP contribution in [0.5, 0.6) is 0 Å².